The third-order valence-electron chi connectivity index (χ3n) is 2.76. The van der Waals surface area contributed by atoms with Gasteiger partial charge < -0.3 is 0 Å². The van der Waals surface area contributed by atoms with Crippen LogP contribution in [0.5, 0.6) is 0 Å². The highest BCUT2D eigenvalue weighted by molar-refractivity contribution is 5.96. The van der Waals surface area contributed by atoms with Gasteiger partial charge in [0.05, 0.1) is 4.92 Å². The van der Waals surface area contributed by atoms with Gasteiger partial charge in [-0.1, -0.05) is 6.07 Å². The number of aryl methyl sites for hydroxylation is 1. The van der Waals surface area contributed by atoms with Gasteiger partial charge in [-0.25, -0.2) is 0 Å². The number of rotatable bonds is 5. The number of hydrogen-bond acceptors (Lipinski definition) is 4. The van der Waals surface area contributed by atoms with E-state index < -0.39 is 4.92 Å². The highest BCUT2D eigenvalue weighted by atomic mass is 16.6. The number of carbonyl (C=O) groups excluding carboxylic acids is 1. The summed E-state index contributed by atoms with van der Waals surface area (Å²) in [7, 11) is 0. The third-order valence-corrected chi connectivity index (χ3v) is 2.76. The minimum atomic E-state index is -0.482. The number of carbonyl (C=O) groups is 1. The van der Waals surface area contributed by atoms with Gasteiger partial charge in [-0.3, -0.25) is 19.9 Å². The van der Waals surface area contributed by atoms with Crippen LogP contribution >= 0.6 is 0 Å². The van der Waals surface area contributed by atoms with E-state index in [0.29, 0.717) is 18.4 Å². The van der Waals surface area contributed by atoms with Crippen molar-refractivity contribution in [2.75, 3.05) is 0 Å². The molecule has 0 fully saturated rings. The van der Waals surface area contributed by atoms with Gasteiger partial charge in [0, 0.05) is 36.5 Å². The Balaban J connectivity index is 1.98. The molecule has 96 valence electrons. The second-order valence-electron chi connectivity index (χ2n) is 4.09. The van der Waals surface area contributed by atoms with E-state index in [1.807, 2.05) is 12.1 Å². The zero-order valence-corrected chi connectivity index (χ0v) is 10.2. The van der Waals surface area contributed by atoms with Gasteiger partial charge in [0.25, 0.3) is 5.69 Å². The van der Waals surface area contributed by atoms with Gasteiger partial charge in [-0.2, -0.15) is 0 Å². The Bertz CT molecular complexity index is 579. The lowest BCUT2D eigenvalue weighted by Gasteiger charge is -2.01. The van der Waals surface area contributed by atoms with Gasteiger partial charge in [0.2, 0.25) is 0 Å². The number of non-ortho nitro benzene ring substituents is 1. The minimum absolute atomic E-state index is 0.0104. The lowest BCUT2D eigenvalue weighted by atomic mass is 10.0. The van der Waals surface area contributed by atoms with Crippen LogP contribution in [0, 0.1) is 10.1 Å². The Hall–Kier alpha value is -2.56. The van der Waals surface area contributed by atoms with Crippen molar-refractivity contribution in [2.45, 2.75) is 12.8 Å². The van der Waals surface area contributed by atoms with E-state index in [1.165, 1.54) is 24.3 Å². The second kappa shape index (κ2) is 5.86. The number of nitro benzene ring substituents is 1. The van der Waals surface area contributed by atoms with E-state index >= 15 is 0 Å². The Morgan fingerprint density at radius 1 is 1.21 bits per heavy atom. The van der Waals surface area contributed by atoms with Crippen LogP contribution in [0.25, 0.3) is 0 Å². The summed E-state index contributed by atoms with van der Waals surface area (Å²) >= 11 is 0. The van der Waals surface area contributed by atoms with Crippen LogP contribution < -0.4 is 0 Å². The molecule has 0 unspecified atom stereocenters. The smallest absolute Gasteiger partial charge is 0.269 e. The predicted octanol–water partition coefficient (Wildman–Crippen LogP) is 2.81. The number of nitro groups is 1. The van der Waals surface area contributed by atoms with Crippen molar-refractivity contribution in [1.82, 2.24) is 4.98 Å². The molecule has 2 aromatic rings. The summed E-state index contributed by atoms with van der Waals surface area (Å²) in [5.74, 6) is -0.0289. The Morgan fingerprint density at radius 3 is 2.53 bits per heavy atom. The minimum Gasteiger partial charge on any atom is -0.294 e. The average molecular weight is 256 g/mol. The molecule has 0 saturated heterocycles. The number of nitrogens with zero attached hydrogens (tertiary/aromatic N) is 2. The normalized spacial score (nSPS) is 10.1. The molecule has 0 bridgehead atoms. The number of pyridine rings is 1. The molecule has 0 atom stereocenters. The van der Waals surface area contributed by atoms with Crippen molar-refractivity contribution < 1.29 is 9.72 Å². The number of aromatic nitrogens is 1. The molecule has 0 aliphatic heterocycles. The fourth-order valence-electron chi connectivity index (χ4n) is 1.72. The molecule has 5 heteroatoms. The zero-order valence-electron chi connectivity index (χ0n) is 10.2. The first-order valence-electron chi connectivity index (χ1n) is 5.83. The van der Waals surface area contributed by atoms with Gasteiger partial charge in [0.15, 0.2) is 5.78 Å². The molecule has 0 aliphatic carbocycles. The van der Waals surface area contributed by atoms with Crippen molar-refractivity contribution in [3.63, 3.8) is 0 Å². The Labute approximate surface area is 110 Å². The molecule has 0 amide bonds. The van der Waals surface area contributed by atoms with Crippen LogP contribution in [-0.4, -0.2) is 15.7 Å². The monoisotopic (exact) mass is 256 g/mol. The van der Waals surface area contributed by atoms with Crippen LogP contribution in [0.3, 0.4) is 0 Å². The molecule has 0 saturated carbocycles. The molecule has 1 aromatic heterocycles. The van der Waals surface area contributed by atoms with E-state index in [4.69, 9.17) is 0 Å². The average Bonchev–Trinajstić information content (AvgIpc) is 2.46. The van der Waals surface area contributed by atoms with Gasteiger partial charge in [-0.05, 0) is 30.2 Å². The molecule has 0 aliphatic rings. The number of benzene rings is 1. The highest BCUT2D eigenvalue weighted by Gasteiger charge is 2.09. The standard InChI is InChI=1S/C14H12N2O3/c17-14(8-3-11-2-1-9-15-10-11)12-4-6-13(7-5-12)16(18)19/h1-2,4-7,9-10H,3,8H2. The first-order valence-corrected chi connectivity index (χ1v) is 5.83. The summed E-state index contributed by atoms with van der Waals surface area (Å²) in [6.45, 7) is 0. The van der Waals surface area contributed by atoms with E-state index in [0.717, 1.165) is 5.56 Å². The maximum Gasteiger partial charge on any atom is 0.269 e. The Kier molecular flexibility index (Phi) is 3.97. The molecule has 0 N–H and O–H groups in total. The first-order chi connectivity index (χ1) is 9.16. The van der Waals surface area contributed by atoms with Gasteiger partial charge in [-0.15, -0.1) is 0 Å². The number of hydrogen-bond donors (Lipinski definition) is 0. The fourth-order valence-corrected chi connectivity index (χ4v) is 1.72. The molecular formula is C14H12N2O3. The van der Waals surface area contributed by atoms with Crippen molar-refractivity contribution >= 4 is 11.5 Å². The van der Waals surface area contributed by atoms with Crippen LogP contribution in [0.1, 0.15) is 22.3 Å². The van der Waals surface area contributed by atoms with Crippen LogP contribution in [-0.2, 0) is 6.42 Å². The fraction of sp³-hybridized carbons (Fsp3) is 0.143. The summed E-state index contributed by atoms with van der Waals surface area (Å²) in [6, 6.07) is 9.41. The SMILES string of the molecule is O=C(CCc1cccnc1)c1ccc([N+](=O)[O-])cc1. The summed E-state index contributed by atoms with van der Waals surface area (Å²) in [5, 5.41) is 10.5. The summed E-state index contributed by atoms with van der Waals surface area (Å²) < 4.78 is 0. The van der Waals surface area contributed by atoms with Crippen LogP contribution in [0.2, 0.25) is 0 Å². The van der Waals surface area contributed by atoms with Crippen molar-refractivity contribution in [3.8, 4) is 0 Å². The van der Waals surface area contributed by atoms with Crippen LogP contribution in [0.15, 0.2) is 48.8 Å². The highest BCUT2D eigenvalue weighted by Crippen LogP contribution is 2.14. The lowest BCUT2D eigenvalue weighted by molar-refractivity contribution is -0.384. The van der Waals surface area contributed by atoms with E-state index in [9.17, 15) is 14.9 Å². The van der Waals surface area contributed by atoms with E-state index in [2.05, 4.69) is 4.98 Å². The van der Waals surface area contributed by atoms with Crippen molar-refractivity contribution in [1.29, 1.82) is 0 Å². The van der Waals surface area contributed by atoms with Gasteiger partial charge in [0.1, 0.15) is 0 Å². The molecule has 0 spiro atoms. The molecule has 1 heterocycles. The number of ketones is 1. The Morgan fingerprint density at radius 2 is 1.95 bits per heavy atom. The van der Waals surface area contributed by atoms with Crippen molar-refractivity contribution in [3.05, 3.63) is 70.0 Å². The van der Waals surface area contributed by atoms with Crippen LogP contribution in [0.4, 0.5) is 5.69 Å². The predicted molar refractivity (Wildman–Crippen MR) is 70.0 cm³/mol. The molecule has 19 heavy (non-hydrogen) atoms. The molecule has 5 nitrogen and oxygen atoms in total. The maximum atomic E-state index is 11.9. The van der Waals surface area contributed by atoms with Crippen molar-refractivity contribution in [2.24, 2.45) is 0 Å². The largest absolute Gasteiger partial charge is 0.294 e. The second-order valence-corrected chi connectivity index (χ2v) is 4.09. The lowest BCUT2D eigenvalue weighted by Crippen LogP contribution is -2.01. The van der Waals surface area contributed by atoms with E-state index in [-0.39, 0.29) is 11.5 Å². The third kappa shape index (κ3) is 3.45. The van der Waals surface area contributed by atoms with Gasteiger partial charge >= 0.3 is 0 Å². The maximum absolute atomic E-state index is 11.9. The summed E-state index contributed by atoms with van der Waals surface area (Å²) in [4.78, 5) is 25.9. The summed E-state index contributed by atoms with van der Waals surface area (Å²) in [6.07, 6.45) is 4.39. The van der Waals surface area contributed by atoms with E-state index in [1.54, 1.807) is 12.4 Å². The quantitative estimate of drug-likeness (QED) is 0.468. The topological polar surface area (TPSA) is 73.1 Å². The zero-order chi connectivity index (χ0) is 13.7. The summed E-state index contributed by atoms with van der Waals surface area (Å²) in [5.41, 5.74) is 1.48. The number of Topliss-reactive ketones (excluding diaryl/α,β-unsaturated/α-hetero) is 1. The first kappa shape index (κ1) is 12.9. The molecular weight excluding hydrogens is 244 g/mol. The molecule has 2 rings (SSSR count). The molecule has 0 radical (unpaired) electrons. The molecule has 1 aromatic carbocycles.